The Labute approximate surface area is 112 Å². The molecule has 2 aromatic rings. The second-order valence-corrected chi connectivity index (χ2v) is 7.09. The quantitative estimate of drug-likeness (QED) is 0.942. The van der Waals surface area contributed by atoms with Gasteiger partial charge < -0.3 is 5.11 Å². The SMILES string of the molecule is CN(c1cc2cc(C(=O)O)sc2cc1F)S(C)(=O)=O. The van der Waals surface area contributed by atoms with Crippen LogP contribution < -0.4 is 4.31 Å². The number of hydrogen-bond donors (Lipinski definition) is 1. The first-order valence-corrected chi connectivity index (χ1v) is 7.77. The van der Waals surface area contributed by atoms with Gasteiger partial charge in [-0.05, 0) is 23.6 Å². The number of thiophene rings is 1. The molecule has 1 heterocycles. The van der Waals surface area contributed by atoms with Crippen LogP contribution in [0.5, 0.6) is 0 Å². The summed E-state index contributed by atoms with van der Waals surface area (Å²) in [6.45, 7) is 0. The Balaban J connectivity index is 2.64. The third-order valence-corrected chi connectivity index (χ3v) is 4.91. The van der Waals surface area contributed by atoms with Crippen molar-refractivity contribution >= 4 is 43.1 Å². The Morgan fingerprint density at radius 2 is 2.00 bits per heavy atom. The maximum absolute atomic E-state index is 13.9. The van der Waals surface area contributed by atoms with Crippen molar-refractivity contribution < 1.29 is 22.7 Å². The van der Waals surface area contributed by atoms with Crippen LogP contribution in [0, 0.1) is 5.82 Å². The van der Waals surface area contributed by atoms with E-state index in [2.05, 4.69) is 0 Å². The topological polar surface area (TPSA) is 74.7 Å². The molecule has 8 heteroatoms. The Kier molecular flexibility index (Phi) is 3.23. The minimum atomic E-state index is -3.58. The molecule has 0 bridgehead atoms. The number of anilines is 1. The van der Waals surface area contributed by atoms with Gasteiger partial charge in [-0.1, -0.05) is 0 Å². The van der Waals surface area contributed by atoms with Crippen LogP contribution in [0.1, 0.15) is 9.67 Å². The summed E-state index contributed by atoms with van der Waals surface area (Å²) in [7, 11) is -2.34. The monoisotopic (exact) mass is 303 g/mol. The van der Waals surface area contributed by atoms with Crippen LogP contribution in [0.3, 0.4) is 0 Å². The third-order valence-electron chi connectivity index (χ3n) is 2.63. The summed E-state index contributed by atoms with van der Waals surface area (Å²) in [5.41, 5.74) is -0.107. The zero-order valence-electron chi connectivity index (χ0n) is 10.0. The Morgan fingerprint density at radius 1 is 1.37 bits per heavy atom. The van der Waals surface area contributed by atoms with Crippen molar-refractivity contribution in [3.05, 3.63) is 28.9 Å². The maximum atomic E-state index is 13.9. The molecule has 0 unspecified atom stereocenters. The number of rotatable bonds is 3. The number of halogens is 1. The van der Waals surface area contributed by atoms with Gasteiger partial charge in [0.1, 0.15) is 10.7 Å². The molecule has 0 fully saturated rings. The molecule has 0 amide bonds. The Morgan fingerprint density at radius 3 is 2.53 bits per heavy atom. The molecule has 1 N–H and O–H groups in total. The first-order valence-electron chi connectivity index (χ1n) is 5.10. The van der Waals surface area contributed by atoms with Crippen molar-refractivity contribution in [2.24, 2.45) is 0 Å². The molecule has 0 aliphatic rings. The van der Waals surface area contributed by atoms with Crippen LogP contribution in [0.15, 0.2) is 18.2 Å². The predicted octanol–water partition coefficient (Wildman–Crippen LogP) is 2.13. The number of carboxylic acid groups (broad SMARTS) is 1. The van der Waals surface area contributed by atoms with Gasteiger partial charge in [-0.25, -0.2) is 17.6 Å². The number of hydrogen-bond acceptors (Lipinski definition) is 4. The van der Waals surface area contributed by atoms with E-state index >= 15 is 0 Å². The Hall–Kier alpha value is -1.67. The van der Waals surface area contributed by atoms with Gasteiger partial charge in [0.25, 0.3) is 0 Å². The van der Waals surface area contributed by atoms with E-state index in [0.29, 0.717) is 10.1 Å². The van der Waals surface area contributed by atoms with Crippen LogP contribution in [0.2, 0.25) is 0 Å². The predicted molar refractivity (Wildman–Crippen MR) is 72.0 cm³/mol. The molecule has 19 heavy (non-hydrogen) atoms. The second kappa shape index (κ2) is 4.46. The lowest BCUT2D eigenvalue weighted by molar-refractivity contribution is 0.0702. The van der Waals surface area contributed by atoms with Crippen LogP contribution in [0.25, 0.3) is 10.1 Å². The van der Waals surface area contributed by atoms with Gasteiger partial charge in [0.2, 0.25) is 10.0 Å². The van der Waals surface area contributed by atoms with E-state index in [1.807, 2.05) is 0 Å². The zero-order valence-corrected chi connectivity index (χ0v) is 11.7. The molecule has 0 aliphatic heterocycles. The van der Waals surface area contributed by atoms with Crippen molar-refractivity contribution in [2.75, 3.05) is 17.6 Å². The van der Waals surface area contributed by atoms with Crippen LogP contribution in [-0.4, -0.2) is 32.8 Å². The Bertz CT molecular complexity index is 766. The van der Waals surface area contributed by atoms with Crippen LogP contribution in [-0.2, 0) is 10.0 Å². The van der Waals surface area contributed by atoms with E-state index in [1.165, 1.54) is 19.2 Å². The lowest BCUT2D eigenvalue weighted by atomic mass is 10.2. The molecule has 0 aliphatic carbocycles. The summed E-state index contributed by atoms with van der Waals surface area (Å²) in [5.74, 6) is -1.81. The summed E-state index contributed by atoms with van der Waals surface area (Å²) in [6, 6.07) is 3.86. The van der Waals surface area contributed by atoms with Crippen molar-refractivity contribution in [2.45, 2.75) is 0 Å². The minimum absolute atomic E-state index is 0.0774. The first-order chi connectivity index (χ1) is 8.70. The highest BCUT2D eigenvalue weighted by atomic mass is 32.2. The molecule has 102 valence electrons. The van der Waals surface area contributed by atoms with E-state index in [9.17, 15) is 17.6 Å². The number of aromatic carboxylic acids is 1. The van der Waals surface area contributed by atoms with E-state index in [-0.39, 0.29) is 10.6 Å². The van der Waals surface area contributed by atoms with Gasteiger partial charge in [0.15, 0.2) is 0 Å². The molecular weight excluding hydrogens is 293 g/mol. The number of nitrogens with zero attached hydrogens (tertiary/aromatic N) is 1. The average molecular weight is 303 g/mol. The maximum Gasteiger partial charge on any atom is 0.345 e. The van der Waals surface area contributed by atoms with Gasteiger partial charge in [-0.15, -0.1) is 11.3 Å². The standard InChI is InChI=1S/C11H10FNO4S2/c1-13(19(2,16)17)8-3-6-4-10(11(14)15)18-9(6)5-7(8)12/h3-5H,1-2H3,(H,14,15). The van der Waals surface area contributed by atoms with Gasteiger partial charge >= 0.3 is 5.97 Å². The van der Waals surface area contributed by atoms with Crippen molar-refractivity contribution in [1.29, 1.82) is 0 Å². The third kappa shape index (κ3) is 2.54. The number of carboxylic acids is 1. The lowest BCUT2D eigenvalue weighted by Crippen LogP contribution is -2.25. The lowest BCUT2D eigenvalue weighted by Gasteiger charge is -2.17. The largest absolute Gasteiger partial charge is 0.477 e. The fourth-order valence-electron chi connectivity index (χ4n) is 1.58. The fourth-order valence-corrected chi connectivity index (χ4v) is 2.98. The summed E-state index contributed by atoms with van der Waals surface area (Å²) >= 11 is 0.940. The number of fused-ring (bicyclic) bond motifs is 1. The second-order valence-electron chi connectivity index (χ2n) is 3.99. The molecule has 2 rings (SSSR count). The van der Waals surface area contributed by atoms with Gasteiger partial charge in [-0.3, -0.25) is 4.31 Å². The molecular formula is C11H10FNO4S2. The molecule has 1 aromatic carbocycles. The molecule has 0 saturated heterocycles. The van der Waals surface area contributed by atoms with Crippen LogP contribution >= 0.6 is 11.3 Å². The normalized spacial score (nSPS) is 11.7. The minimum Gasteiger partial charge on any atom is -0.477 e. The zero-order chi connectivity index (χ0) is 14.4. The van der Waals surface area contributed by atoms with Crippen LogP contribution in [0.4, 0.5) is 10.1 Å². The molecule has 0 radical (unpaired) electrons. The van der Waals surface area contributed by atoms with Crippen molar-refractivity contribution in [3.8, 4) is 0 Å². The van der Waals surface area contributed by atoms with Crippen molar-refractivity contribution in [1.82, 2.24) is 0 Å². The highest BCUT2D eigenvalue weighted by molar-refractivity contribution is 7.92. The summed E-state index contributed by atoms with van der Waals surface area (Å²) in [6.07, 6.45) is 0.965. The van der Waals surface area contributed by atoms with Gasteiger partial charge in [0, 0.05) is 11.7 Å². The summed E-state index contributed by atoms with van der Waals surface area (Å²) < 4.78 is 37.9. The summed E-state index contributed by atoms with van der Waals surface area (Å²) in [5, 5.41) is 9.37. The highest BCUT2D eigenvalue weighted by Gasteiger charge is 2.18. The van der Waals surface area contributed by atoms with Gasteiger partial charge in [0.05, 0.1) is 11.9 Å². The van der Waals surface area contributed by atoms with E-state index in [0.717, 1.165) is 28.0 Å². The molecule has 0 saturated carbocycles. The van der Waals surface area contributed by atoms with E-state index < -0.39 is 21.8 Å². The van der Waals surface area contributed by atoms with E-state index in [1.54, 1.807) is 0 Å². The van der Waals surface area contributed by atoms with Crippen molar-refractivity contribution in [3.63, 3.8) is 0 Å². The molecule has 5 nitrogen and oxygen atoms in total. The molecule has 0 spiro atoms. The fraction of sp³-hybridized carbons (Fsp3) is 0.182. The number of benzene rings is 1. The molecule has 1 aromatic heterocycles. The smallest absolute Gasteiger partial charge is 0.345 e. The first kappa shape index (κ1) is 13.8. The highest BCUT2D eigenvalue weighted by Crippen LogP contribution is 2.32. The number of carbonyl (C=O) groups is 1. The average Bonchev–Trinajstić information content (AvgIpc) is 2.68. The van der Waals surface area contributed by atoms with Gasteiger partial charge in [-0.2, -0.15) is 0 Å². The molecule has 0 atom stereocenters. The summed E-state index contributed by atoms with van der Waals surface area (Å²) in [4.78, 5) is 10.9. The van der Waals surface area contributed by atoms with E-state index in [4.69, 9.17) is 5.11 Å². The number of sulfonamides is 1.